The van der Waals surface area contributed by atoms with Gasteiger partial charge in [-0.2, -0.15) is 0 Å². The number of hydrogen-bond acceptors (Lipinski definition) is 4. The van der Waals surface area contributed by atoms with Crippen molar-refractivity contribution >= 4 is 28.7 Å². The number of nitrogen functional groups attached to an aromatic ring is 1. The SMILES string of the molecule is CC(Cn1c(N)nc2cc(Cl)cnc21)N1CCCCC1. The Kier molecular flexibility index (Phi) is 3.81. The largest absolute Gasteiger partial charge is 0.369 e. The maximum absolute atomic E-state index is 6.03. The van der Waals surface area contributed by atoms with Crippen molar-refractivity contribution in [3.8, 4) is 0 Å². The van der Waals surface area contributed by atoms with E-state index in [0.717, 1.165) is 17.7 Å². The fraction of sp³-hybridized carbons (Fsp3) is 0.571. The molecule has 3 rings (SSSR count). The Morgan fingerprint density at radius 2 is 2.10 bits per heavy atom. The number of nitrogens with zero attached hydrogens (tertiary/aromatic N) is 4. The summed E-state index contributed by atoms with van der Waals surface area (Å²) in [6, 6.07) is 2.25. The van der Waals surface area contributed by atoms with Crippen molar-refractivity contribution in [3.63, 3.8) is 0 Å². The van der Waals surface area contributed by atoms with Gasteiger partial charge in [-0.3, -0.25) is 9.47 Å². The Labute approximate surface area is 123 Å². The summed E-state index contributed by atoms with van der Waals surface area (Å²) in [7, 11) is 0. The van der Waals surface area contributed by atoms with Crippen molar-refractivity contribution in [1.29, 1.82) is 0 Å². The predicted octanol–water partition coefficient (Wildman–Crippen LogP) is 2.54. The van der Waals surface area contributed by atoms with E-state index in [1.54, 1.807) is 6.20 Å². The Bertz CT molecular complexity index is 603. The number of imidazole rings is 1. The van der Waals surface area contributed by atoms with Crippen LogP contribution in [0.4, 0.5) is 5.95 Å². The zero-order valence-corrected chi connectivity index (χ0v) is 12.5. The van der Waals surface area contributed by atoms with E-state index in [-0.39, 0.29) is 0 Å². The van der Waals surface area contributed by atoms with E-state index in [1.165, 1.54) is 32.4 Å². The number of halogens is 1. The van der Waals surface area contributed by atoms with E-state index in [0.29, 0.717) is 17.0 Å². The molecule has 3 heterocycles. The van der Waals surface area contributed by atoms with Gasteiger partial charge in [0.15, 0.2) is 5.65 Å². The first-order valence-corrected chi connectivity index (χ1v) is 7.54. The minimum absolute atomic E-state index is 0.437. The van der Waals surface area contributed by atoms with Crippen LogP contribution in [-0.2, 0) is 6.54 Å². The van der Waals surface area contributed by atoms with Crippen molar-refractivity contribution in [1.82, 2.24) is 19.4 Å². The number of pyridine rings is 1. The predicted molar refractivity (Wildman–Crippen MR) is 81.8 cm³/mol. The number of hydrogen-bond donors (Lipinski definition) is 1. The summed E-state index contributed by atoms with van der Waals surface area (Å²) >= 11 is 5.95. The van der Waals surface area contributed by atoms with Gasteiger partial charge in [-0.25, -0.2) is 9.97 Å². The molecule has 2 aromatic rings. The Morgan fingerprint density at radius 3 is 2.85 bits per heavy atom. The van der Waals surface area contributed by atoms with E-state index < -0.39 is 0 Å². The third kappa shape index (κ3) is 2.60. The molecule has 1 atom stereocenters. The molecule has 0 amide bonds. The molecule has 0 saturated carbocycles. The zero-order chi connectivity index (χ0) is 14.1. The highest BCUT2D eigenvalue weighted by Crippen LogP contribution is 2.21. The number of rotatable bonds is 3. The first-order valence-electron chi connectivity index (χ1n) is 7.16. The normalized spacial score (nSPS) is 18.5. The van der Waals surface area contributed by atoms with Crippen LogP contribution in [0.25, 0.3) is 11.2 Å². The minimum Gasteiger partial charge on any atom is -0.369 e. The van der Waals surface area contributed by atoms with Gasteiger partial charge in [0.05, 0.1) is 5.02 Å². The van der Waals surface area contributed by atoms with Crippen LogP contribution in [0.2, 0.25) is 5.02 Å². The van der Waals surface area contributed by atoms with Crippen molar-refractivity contribution < 1.29 is 0 Å². The topological polar surface area (TPSA) is 60.0 Å². The third-order valence-electron chi connectivity index (χ3n) is 4.04. The molecule has 0 spiro atoms. The first-order chi connectivity index (χ1) is 9.65. The van der Waals surface area contributed by atoms with Crippen LogP contribution in [0, 0.1) is 0 Å². The van der Waals surface area contributed by atoms with Gasteiger partial charge >= 0.3 is 0 Å². The number of fused-ring (bicyclic) bond motifs is 1. The summed E-state index contributed by atoms with van der Waals surface area (Å²) in [5, 5.41) is 0.589. The molecule has 2 aromatic heterocycles. The maximum Gasteiger partial charge on any atom is 0.202 e. The van der Waals surface area contributed by atoms with E-state index in [9.17, 15) is 0 Å². The molecular formula is C14H20ClN5. The lowest BCUT2D eigenvalue weighted by Crippen LogP contribution is -2.39. The van der Waals surface area contributed by atoms with Gasteiger partial charge in [-0.05, 0) is 38.9 Å². The van der Waals surface area contributed by atoms with Crippen LogP contribution < -0.4 is 5.73 Å². The Hall–Kier alpha value is -1.33. The van der Waals surface area contributed by atoms with Crippen molar-refractivity contribution in [2.45, 2.75) is 38.8 Å². The highest BCUT2D eigenvalue weighted by atomic mass is 35.5. The molecule has 1 aliphatic rings. The highest BCUT2D eigenvalue weighted by Gasteiger charge is 2.19. The Balaban J connectivity index is 1.84. The monoisotopic (exact) mass is 293 g/mol. The van der Waals surface area contributed by atoms with E-state index in [4.69, 9.17) is 17.3 Å². The molecule has 0 aromatic carbocycles. The average Bonchev–Trinajstić information content (AvgIpc) is 2.75. The fourth-order valence-corrected chi connectivity index (χ4v) is 3.07. The summed E-state index contributed by atoms with van der Waals surface area (Å²) in [6.45, 7) is 5.41. The molecule has 2 N–H and O–H groups in total. The highest BCUT2D eigenvalue weighted by molar-refractivity contribution is 6.31. The number of nitrogens with two attached hydrogens (primary N) is 1. The molecule has 0 bridgehead atoms. The van der Waals surface area contributed by atoms with Gasteiger partial charge in [-0.1, -0.05) is 18.0 Å². The zero-order valence-electron chi connectivity index (χ0n) is 11.7. The molecule has 1 fully saturated rings. The average molecular weight is 294 g/mol. The molecule has 108 valence electrons. The summed E-state index contributed by atoms with van der Waals surface area (Å²) in [5.74, 6) is 0.513. The van der Waals surface area contributed by atoms with Crippen molar-refractivity contribution in [2.24, 2.45) is 0 Å². The van der Waals surface area contributed by atoms with Crippen molar-refractivity contribution in [3.05, 3.63) is 17.3 Å². The van der Waals surface area contributed by atoms with Gasteiger partial charge in [0.1, 0.15) is 5.52 Å². The van der Waals surface area contributed by atoms with E-state index in [1.807, 2.05) is 10.6 Å². The second kappa shape index (κ2) is 5.58. The van der Waals surface area contributed by atoms with Crippen molar-refractivity contribution in [2.75, 3.05) is 18.8 Å². The quantitative estimate of drug-likeness (QED) is 0.945. The molecule has 6 heteroatoms. The van der Waals surface area contributed by atoms with Gasteiger partial charge in [-0.15, -0.1) is 0 Å². The second-order valence-electron chi connectivity index (χ2n) is 5.52. The molecule has 1 unspecified atom stereocenters. The van der Waals surface area contributed by atoms with Gasteiger partial charge < -0.3 is 5.73 Å². The fourth-order valence-electron chi connectivity index (χ4n) is 2.92. The molecule has 5 nitrogen and oxygen atoms in total. The Morgan fingerprint density at radius 1 is 1.35 bits per heavy atom. The first kappa shape index (κ1) is 13.6. The second-order valence-corrected chi connectivity index (χ2v) is 5.96. The van der Waals surface area contributed by atoms with Gasteiger partial charge in [0, 0.05) is 18.8 Å². The molecule has 0 aliphatic carbocycles. The van der Waals surface area contributed by atoms with Crippen LogP contribution in [0.1, 0.15) is 26.2 Å². The molecule has 0 radical (unpaired) electrons. The number of aromatic nitrogens is 3. The van der Waals surface area contributed by atoms with Gasteiger partial charge in [0.2, 0.25) is 5.95 Å². The van der Waals surface area contributed by atoms with Crippen LogP contribution in [0.15, 0.2) is 12.3 Å². The number of piperidine rings is 1. The smallest absolute Gasteiger partial charge is 0.202 e. The van der Waals surface area contributed by atoms with Crippen LogP contribution in [-0.4, -0.2) is 38.6 Å². The molecule has 1 saturated heterocycles. The lowest BCUT2D eigenvalue weighted by Gasteiger charge is -2.32. The minimum atomic E-state index is 0.437. The van der Waals surface area contributed by atoms with Crippen LogP contribution >= 0.6 is 11.6 Å². The van der Waals surface area contributed by atoms with Gasteiger partial charge in [0.25, 0.3) is 0 Å². The van der Waals surface area contributed by atoms with E-state index >= 15 is 0 Å². The lowest BCUT2D eigenvalue weighted by atomic mass is 10.1. The summed E-state index contributed by atoms with van der Waals surface area (Å²) in [6.07, 6.45) is 5.57. The van der Waals surface area contributed by atoms with Crippen LogP contribution in [0.3, 0.4) is 0 Å². The summed E-state index contributed by atoms with van der Waals surface area (Å²) in [4.78, 5) is 11.2. The molecular weight excluding hydrogens is 274 g/mol. The third-order valence-corrected chi connectivity index (χ3v) is 4.25. The lowest BCUT2D eigenvalue weighted by molar-refractivity contribution is 0.161. The maximum atomic E-state index is 6.03. The van der Waals surface area contributed by atoms with Crippen LogP contribution in [0.5, 0.6) is 0 Å². The standard InChI is InChI=1S/C14H20ClN5/c1-10(19-5-3-2-4-6-19)9-20-13-12(18-14(20)16)7-11(15)8-17-13/h7-8,10H,2-6,9H2,1H3,(H2,16,18). The van der Waals surface area contributed by atoms with E-state index in [2.05, 4.69) is 21.8 Å². The summed E-state index contributed by atoms with van der Waals surface area (Å²) < 4.78 is 1.99. The summed E-state index contributed by atoms with van der Waals surface area (Å²) in [5.41, 5.74) is 7.61. The molecule has 20 heavy (non-hydrogen) atoms. The molecule has 1 aliphatic heterocycles. The number of anilines is 1. The number of likely N-dealkylation sites (tertiary alicyclic amines) is 1.